The molecule has 1 aromatic rings. The third kappa shape index (κ3) is 5.75. The van der Waals surface area contributed by atoms with Gasteiger partial charge in [-0.1, -0.05) is 31.9 Å². The number of anilines is 1. The number of rotatable bonds is 8. The Morgan fingerprint density at radius 3 is 2.60 bits per heavy atom. The molecular weight excluding hydrogens is 250 g/mol. The number of benzene rings is 1. The van der Waals surface area contributed by atoms with Crippen LogP contribution in [0.5, 0.6) is 0 Å². The highest BCUT2D eigenvalue weighted by Gasteiger charge is 2.11. The molecule has 4 heteroatoms. The van der Waals surface area contributed by atoms with Gasteiger partial charge in [-0.25, -0.2) is 0 Å². The second-order valence-corrected chi connectivity index (χ2v) is 4.90. The molecule has 0 bridgehead atoms. The highest BCUT2D eigenvalue weighted by Crippen LogP contribution is 2.11. The van der Waals surface area contributed by atoms with E-state index in [4.69, 9.17) is 5.26 Å². The monoisotopic (exact) mass is 273 g/mol. The first-order chi connectivity index (χ1) is 9.67. The summed E-state index contributed by atoms with van der Waals surface area (Å²) in [6.07, 6.45) is 3.73. The van der Waals surface area contributed by atoms with Crippen LogP contribution in [-0.2, 0) is 11.2 Å². The number of nitrogens with zero attached hydrogens (tertiary/aromatic N) is 1. The summed E-state index contributed by atoms with van der Waals surface area (Å²) in [5.74, 6) is 0.0159. The fourth-order valence-corrected chi connectivity index (χ4v) is 1.87. The van der Waals surface area contributed by atoms with Crippen LogP contribution in [0.2, 0.25) is 0 Å². The lowest BCUT2D eigenvalue weighted by Crippen LogP contribution is -2.38. The number of nitrogens with one attached hydrogen (secondary N) is 2. The standard InChI is InChI=1S/C16H23N3O/c1-3-4-5-12-18-16(20)13(2)19-15-8-6-14(7-9-15)10-11-17/h6-9,13,19H,3-5,10,12H2,1-2H3,(H,18,20). The van der Waals surface area contributed by atoms with Crippen LogP contribution in [-0.4, -0.2) is 18.5 Å². The first kappa shape index (κ1) is 16.0. The predicted octanol–water partition coefficient (Wildman–Crippen LogP) is 2.86. The maximum absolute atomic E-state index is 11.9. The molecule has 0 spiro atoms. The summed E-state index contributed by atoms with van der Waals surface area (Å²) in [5, 5.41) is 14.7. The van der Waals surface area contributed by atoms with Gasteiger partial charge in [0.05, 0.1) is 12.5 Å². The van der Waals surface area contributed by atoms with Gasteiger partial charge in [-0.2, -0.15) is 5.26 Å². The van der Waals surface area contributed by atoms with Gasteiger partial charge in [-0.3, -0.25) is 4.79 Å². The van der Waals surface area contributed by atoms with E-state index in [1.807, 2.05) is 31.2 Å². The number of hydrogen-bond acceptors (Lipinski definition) is 3. The minimum Gasteiger partial charge on any atom is -0.374 e. The minimum absolute atomic E-state index is 0.0159. The number of carbonyl (C=O) groups is 1. The molecule has 4 nitrogen and oxygen atoms in total. The Hall–Kier alpha value is -2.02. The van der Waals surface area contributed by atoms with E-state index in [0.717, 1.165) is 37.1 Å². The van der Waals surface area contributed by atoms with Crippen molar-refractivity contribution < 1.29 is 4.79 Å². The maximum Gasteiger partial charge on any atom is 0.242 e. The maximum atomic E-state index is 11.9. The Kier molecular flexibility index (Phi) is 7.20. The van der Waals surface area contributed by atoms with Crippen molar-refractivity contribution in [2.75, 3.05) is 11.9 Å². The van der Waals surface area contributed by atoms with Gasteiger partial charge in [0.2, 0.25) is 5.91 Å². The molecule has 0 aliphatic heterocycles. The van der Waals surface area contributed by atoms with E-state index in [1.165, 1.54) is 0 Å². The summed E-state index contributed by atoms with van der Waals surface area (Å²) in [5.41, 5.74) is 1.87. The Bertz CT molecular complexity index is 448. The largest absolute Gasteiger partial charge is 0.374 e. The van der Waals surface area contributed by atoms with Gasteiger partial charge in [0.15, 0.2) is 0 Å². The van der Waals surface area contributed by atoms with E-state index < -0.39 is 0 Å². The molecule has 1 atom stereocenters. The summed E-state index contributed by atoms with van der Waals surface area (Å²) < 4.78 is 0. The lowest BCUT2D eigenvalue weighted by molar-refractivity contribution is -0.121. The molecule has 0 aliphatic rings. The molecule has 1 unspecified atom stereocenters. The smallest absolute Gasteiger partial charge is 0.242 e. The van der Waals surface area contributed by atoms with Crippen LogP contribution in [0.25, 0.3) is 0 Å². The van der Waals surface area contributed by atoms with Crippen LogP contribution in [0.1, 0.15) is 38.7 Å². The van der Waals surface area contributed by atoms with E-state index >= 15 is 0 Å². The van der Waals surface area contributed by atoms with Gasteiger partial charge in [0, 0.05) is 12.2 Å². The molecule has 1 rings (SSSR count). The molecule has 0 aromatic heterocycles. The van der Waals surface area contributed by atoms with Crippen molar-refractivity contribution >= 4 is 11.6 Å². The molecule has 1 aromatic carbocycles. The van der Waals surface area contributed by atoms with E-state index in [1.54, 1.807) is 0 Å². The zero-order valence-corrected chi connectivity index (χ0v) is 12.3. The van der Waals surface area contributed by atoms with Crippen LogP contribution in [0.15, 0.2) is 24.3 Å². The number of carbonyl (C=O) groups excluding carboxylic acids is 1. The van der Waals surface area contributed by atoms with E-state index in [9.17, 15) is 4.79 Å². The molecule has 108 valence electrons. The summed E-state index contributed by atoms with van der Waals surface area (Å²) >= 11 is 0. The number of nitriles is 1. The number of unbranched alkanes of at least 4 members (excludes halogenated alkanes) is 2. The molecular formula is C16H23N3O. The van der Waals surface area contributed by atoms with Crippen LogP contribution >= 0.6 is 0 Å². The molecule has 20 heavy (non-hydrogen) atoms. The fraction of sp³-hybridized carbons (Fsp3) is 0.500. The average Bonchev–Trinajstić information content (AvgIpc) is 2.45. The quantitative estimate of drug-likeness (QED) is 0.716. The molecule has 1 amide bonds. The van der Waals surface area contributed by atoms with Crippen molar-refractivity contribution in [3.8, 4) is 6.07 Å². The highest BCUT2D eigenvalue weighted by molar-refractivity contribution is 5.84. The van der Waals surface area contributed by atoms with Crippen molar-refractivity contribution in [2.45, 2.75) is 45.6 Å². The molecule has 0 radical (unpaired) electrons. The van der Waals surface area contributed by atoms with Crippen molar-refractivity contribution in [3.05, 3.63) is 29.8 Å². The minimum atomic E-state index is -0.265. The average molecular weight is 273 g/mol. The molecule has 0 aliphatic carbocycles. The molecule has 0 saturated heterocycles. The van der Waals surface area contributed by atoms with Crippen molar-refractivity contribution in [3.63, 3.8) is 0 Å². The third-order valence-electron chi connectivity index (χ3n) is 3.09. The van der Waals surface area contributed by atoms with Gasteiger partial charge in [0.25, 0.3) is 0 Å². The topological polar surface area (TPSA) is 64.9 Å². The predicted molar refractivity (Wildman–Crippen MR) is 81.4 cm³/mol. The van der Waals surface area contributed by atoms with Crippen molar-refractivity contribution in [1.82, 2.24) is 5.32 Å². The highest BCUT2D eigenvalue weighted by atomic mass is 16.2. The van der Waals surface area contributed by atoms with E-state index in [2.05, 4.69) is 23.6 Å². The SMILES string of the molecule is CCCCCNC(=O)C(C)Nc1ccc(CC#N)cc1. The number of hydrogen-bond donors (Lipinski definition) is 2. The van der Waals surface area contributed by atoms with Crippen molar-refractivity contribution in [2.24, 2.45) is 0 Å². The second kappa shape index (κ2) is 8.98. The zero-order valence-electron chi connectivity index (χ0n) is 12.3. The zero-order chi connectivity index (χ0) is 14.8. The molecule has 0 heterocycles. The molecule has 2 N–H and O–H groups in total. The summed E-state index contributed by atoms with van der Waals surface area (Å²) in [6.45, 7) is 4.72. The lowest BCUT2D eigenvalue weighted by Gasteiger charge is -2.15. The Morgan fingerprint density at radius 2 is 2.00 bits per heavy atom. The Labute approximate surface area is 121 Å². The molecule has 0 saturated carbocycles. The summed E-state index contributed by atoms with van der Waals surface area (Å²) in [4.78, 5) is 11.9. The van der Waals surface area contributed by atoms with Crippen LogP contribution in [0.4, 0.5) is 5.69 Å². The summed E-state index contributed by atoms with van der Waals surface area (Å²) in [6, 6.07) is 9.44. The normalized spacial score (nSPS) is 11.4. The Morgan fingerprint density at radius 1 is 1.30 bits per heavy atom. The summed E-state index contributed by atoms with van der Waals surface area (Å²) in [7, 11) is 0. The molecule has 0 fully saturated rings. The first-order valence-corrected chi connectivity index (χ1v) is 7.17. The van der Waals surface area contributed by atoms with E-state index in [0.29, 0.717) is 6.42 Å². The van der Waals surface area contributed by atoms with Gasteiger partial charge < -0.3 is 10.6 Å². The number of amides is 1. The first-order valence-electron chi connectivity index (χ1n) is 7.17. The van der Waals surface area contributed by atoms with Crippen LogP contribution in [0, 0.1) is 11.3 Å². The van der Waals surface area contributed by atoms with Gasteiger partial charge in [0.1, 0.15) is 6.04 Å². The van der Waals surface area contributed by atoms with Gasteiger partial charge >= 0.3 is 0 Å². The van der Waals surface area contributed by atoms with Gasteiger partial charge in [-0.05, 0) is 31.0 Å². The van der Waals surface area contributed by atoms with E-state index in [-0.39, 0.29) is 11.9 Å². The van der Waals surface area contributed by atoms with Crippen molar-refractivity contribution in [1.29, 1.82) is 5.26 Å². The van der Waals surface area contributed by atoms with Crippen LogP contribution < -0.4 is 10.6 Å². The third-order valence-corrected chi connectivity index (χ3v) is 3.09. The van der Waals surface area contributed by atoms with Gasteiger partial charge in [-0.15, -0.1) is 0 Å². The Balaban J connectivity index is 2.39. The lowest BCUT2D eigenvalue weighted by atomic mass is 10.1. The second-order valence-electron chi connectivity index (χ2n) is 4.90. The van der Waals surface area contributed by atoms with Crippen LogP contribution in [0.3, 0.4) is 0 Å². The fourth-order valence-electron chi connectivity index (χ4n) is 1.87.